The third kappa shape index (κ3) is 5.38. The molecule has 0 unspecified atom stereocenters. The van der Waals surface area contributed by atoms with E-state index in [1.165, 1.54) is 0 Å². The number of nitrogens with one attached hydrogen (secondary N) is 1. The summed E-state index contributed by atoms with van der Waals surface area (Å²) in [7, 11) is 0. The molecule has 2 rings (SSSR count). The third-order valence-corrected chi connectivity index (χ3v) is 4.42. The summed E-state index contributed by atoms with van der Waals surface area (Å²) >= 11 is 0. The molecule has 0 fully saturated rings. The van der Waals surface area contributed by atoms with Gasteiger partial charge in [-0.25, -0.2) is 0 Å². The molecule has 2 N–H and O–H groups in total. The lowest BCUT2D eigenvalue weighted by Gasteiger charge is -2.16. The van der Waals surface area contributed by atoms with Crippen LogP contribution in [0.3, 0.4) is 0 Å². The molecule has 2 atom stereocenters. The van der Waals surface area contributed by atoms with Crippen LogP contribution >= 0.6 is 0 Å². The zero-order chi connectivity index (χ0) is 18.9. The Morgan fingerprint density at radius 3 is 2.35 bits per heavy atom. The molecule has 0 aliphatic rings. The van der Waals surface area contributed by atoms with Crippen LogP contribution in [-0.2, 0) is 4.79 Å². The van der Waals surface area contributed by atoms with Crippen LogP contribution in [0.15, 0.2) is 60.9 Å². The monoisotopic (exact) mass is 353 g/mol. The summed E-state index contributed by atoms with van der Waals surface area (Å²) < 4.78 is 5.73. The van der Waals surface area contributed by atoms with Gasteiger partial charge >= 0.3 is 0 Å². The molecule has 0 heterocycles. The van der Waals surface area contributed by atoms with Gasteiger partial charge in [0.1, 0.15) is 5.75 Å². The predicted molar refractivity (Wildman–Crippen MR) is 105 cm³/mol. The highest BCUT2D eigenvalue weighted by Crippen LogP contribution is 2.21. The second-order valence-electron chi connectivity index (χ2n) is 6.50. The summed E-state index contributed by atoms with van der Waals surface area (Å²) in [5.41, 5.74) is 1.87. The molecule has 0 bridgehead atoms. The van der Waals surface area contributed by atoms with E-state index in [1.807, 2.05) is 49.4 Å². The van der Waals surface area contributed by atoms with E-state index in [0.29, 0.717) is 18.1 Å². The van der Waals surface area contributed by atoms with Gasteiger partial charge < -0.3 is 15.2 Å². The molecule has 138 valence electrons. The molecule has 1 amide bonds. The number of hydrogen-bond acceptors (Lipinski definition) is 3. The van der Waals surface area contributed by atoms with Gasteiger partial charge in [0, 0.05) is 0 Å². The van der Waals surface area contributed by atoms with Crippen molar-refractivity contribution >= 4 is 11.5 Å². The Morgan fingerprint density at radius 2 is 1.77 bits per heavy atom. The average Bonchev–Trinajstić information content (AvgIpc) is 2.68. The van der Waals surface area contributed by atoms with Gasteiger partial charge in [-0.2, -0.15) is 0 Å². The topological polar surface area (TPSA) is 58.6 Å². The van der Waals surface area contributed by atoms with E-state index in [2.05, 4.69) is 19.2 Å². The second-order valence-corrected chi connectivity index (χ2v) is 6.50. The van der Waals surface area contributed by atoms with Crippen LogP contribution in [0.2, 0.25) is 0 Å². The van der Waals surface area contributed by atoms with Crippen LogP contribution < -0.4 is 10.1 Å². The number of aliphatic hydroxyl groups excluding tert-OH is 1. The number of amides is 1. The fourth-order valence-electron chi connectivity index (χ4n) is 2.45. The van der Waals surface area contributed by atoms with Crippen molar-refractivity contribution in [3.8, 4) is 5.75 Å². The first-order chi connectivity index (χ1) is 12.5. The zero-order valence-corrected chi connectivity index (χ0v) is 15.6. The summed E-state index contributed by atoms with van der Waals surface area (Å²) in [6, 6.07) is 16.7. The van der Waals surface area contributed by atoms with E-state index in [0.717, 1.165) is 24.0 Å². The maximum absolute atomic E-state index is 12.5. The van der Waals surface area contributed by atoms with Crippen molar-refractivity contribution in [2.45, 2.75) is 33.2 Å². The Kier molecular flexibility index (Phi) is 7.27. The molecule has 0 radical (unpaired) electrons. The van der Waals surface area contributed by atoms with Crippen molar-refractivity contribution in [1.29, 1.82) is 0 Å². The van der Waals surface area contributed by atoms with Crippen LogP contribution in [0.5, 0.6) is 5.75 Å². The molecule has 4 heteroatoms. The highest BCUT2D eigenvalue weighted by Gasteiger charge is 2.16. The first kappa shape index (κ1) is 19.6. The van der Waals surface area contributed by atoms with Gasteiger partial charge in [-0.05, 0) is 36.1 Å². The van der Waals surface area contributed by atoms with E-state index in [9.17, 15) is 9.90 Å². The minimum atomic E-state index is -0.322. The van der Waals surface area contributed by atoms with Crippen molar-refractivity contribution in [3.63, 3.8) is 0 Å². The molecule has 0 saturated carbocycles. The van der Waals surface area contributed by atoms with Crippen LogP contribution in [0.4, 0.5) is 0 Å². The molecule has 2 aromatic carbocycles. The normalized spacial score (nSPS) is 13.7. The van der Waals surface area contributed by atoms with Gasteiger partial charge in [-0.1, -0.05) is 62.7 Å². The maximum Gasteiger partial charge on any atom is 0.255 e. The Balaban J connectivity index is 2.02. The van der Waals surface area contributed by atoms with E-state index >= 15 is 0 Å². The molecule has 26 heavy (non-hydrogen) atoms. The van der Waals surface area contributed by atoms with Crippen molar-refractivity contribution in [2.75, 3.05) is 6.61 Å². The maximum atomic E-state index is 12.5. The molecule has 0 aromatic heterocycles. The Labute approximate surface area is 155 Å². The highest BCUT2D eigenvalue weighted by atomic mass is 16.5. The van der Waals surface area contributed by atoms with Crippen molar-refractivity contribution in [1.82, 2.24) is 5.32 Å². The number of rotatable bonds is 8. The fourth-order valence-corrected chi connectivity index (χ4v) is 2.45. The standard InChI is InChI=1S/C22H27NO3/c1-4-16(2)15-26-20-12-10-19(11-13-20)21(14-24)22(25)23-17(3)18-8-6-5-7-9-18/h5-14,16-17,24H,4,15H2,1-3H3,(H,23,25)/b21-14+/t16-,17+/m0/s1. The molecule has 0 spiro atoms. The zero-order valence-electron chi connectivity index (χ0n) is 15.6. The summed E-state index contributed by atoms with van der Waals surface area (Å²) in [5.74, 6) is 0.925. The molecule has 0 aliphatic heterocycles. The summed E-state index contributed by atoms with van der Waals surface area (Å²) in [6.07, 6.45) is 1.91. The first-order valence-electron chi connectivity index (χ1n) is 8.98. The van der Waals surface area contributed by atoms with E-state index in [-0.39, 0.29) is 17.5 Å². The number of aliphatic hydroxyl groups is 1. The van der Waals surface area contributed by atoms with Crippen molar-refractivity contribution in [2.24, 2.45) is 5.92 Å². The number of ether oxygens (including phenoxy) is 1. The molecule has 0 saturated heterocycles. The van der Waals surface area contributed by atoms with Crippen LogP contribution in [0, 0.1) is 5.92 Å². The van der Waals surface area contributed by atoms with E-state index in [1.54, 1.807) is 12.1 Å². The lowest BCUT2D eigenvalue weighted by molar-refractivity contribution is -0.116. The number of hydrogen-bond donors (Lipinski definition) is 2. The van der Waals surface area contributed by atoms with Crippen LogP contribution in [0.1, 0.15) is 44.4 Å². The van der Waals surface area contributed by atoms with E-state index in [4.69, 9.17) is 4.74 Å². The lowest BCUT2D eigenvalue weighted by atomic mass is 10.0. The van der Waals surface area contributed by atoms with Crippen LogP contribution in [-0.4, -0.2) is 17.6 Å². The lowest BCUT2D eigenvalue weighted by Crippen LogP contribution is -2.27. The summed E-state index contributed by atoms with van der Waals surface area (Å²) in [4.78, 5) is 12.5. The number of benzene rings is 2. The molecule has 4 nitrogen and oxygen atoms in total. The van der Waals surface area contributed by atoms with Crippen molar-refractivity contribution in [3.05, 3.63) is 72.0 Å². The smallest absolute Gasteiger partial charge is 0.255 e. The Morgan fingerprint density at radius 1 is 1.12 bits per heavy atom. The summed E-state index contributed by atoms with van der Waals surface area (Å²) in [5, 5.41) is 12.5. The fraction of sp³-hybridized carbons (Fsp3) is 0.318. The van der Waals surface area contributed by atoms with Crippen LogP contribution in [0.25, 0.3) is 5.57 Å². The Hall–Kier alpha value is -2.75. The minimum Gasteiger partial charge on any atom is -0.515 e. The molecule has 0 aliphatic carbocycles. The number of carbonyl (C=O) groups excluding carboxylic acids is 1. The van der Waals surface area contributed by atoms with E-state index < -0.39 is 0 Å². The van der Waals surface area contributed by atoms with Gasteiger partial charge in [-0.15, -0.1) is 0 Å². The minimum absolute atomic E-state index is 0.156. The SMILES string of the molecule is CC[C@H](C)COc1ccc(/C(=C\O)C(=O)N[C@H](C)c2ccccc2)cc1. The third-order valence-electron chi connectivity index (χ3n) is 4.42. The van der Waals surface area contributed by atoms with Gasteiger partial charge in [0.05, 0.1) is 24.5 Å². The largest absolute Gasteiger partial charge is 0.515 e. The quantitative estimate of drug-likeness (QED) is 0.525. The predicted octanol–water partition coefficient (Wildman–Crippen LogP) is 4.89. The van der Waals surface area contributed by atoms with Gasteiger partial charge in [0.2, 0.25) is 0 Å². The first-order valence-corrected chi connectivity index (χ1v) is 8.98. The van der Waals surface area contributed by atoms with Gasteiger partial charge in [0.15, 0.2) is 0 Å². The molecular weight excluding hydrogens is 326 g/mol. The van der Waals surface area contributed by atoms with Gasteiger partial charge in [0.25, 0.3) is 5.91 Å². The highest BCUT2D eigenvalue weighted by molar-refractivity contribution is 6.19. The summed E-state index contributed by atoms with van der Waals surface area (Å²) in [6.45, 7) is 6.84. The average molecular weight is 353 g/mol. The van der Waals surface area contributed by atoms with Crippen molar-refractivity contribution < 1.29 is 14.6 Å². The second kappa shape index (κ2) is 9.66. The Bertz CT molecular complexity index is 723. The molecule has 2 aromatic rings. The molecular formula is C22H27NO3. The van der Waals surface area contributed by atoms with Gasteiger partial charge in [-0.3, -0.25) is 4.79 Å². The number of carbonyl (C=O) groups is 1.